The molecule has 4 heteroatoms. The first-order valence-electron chi connectivity index (χ1n) is 4.75. The molecule has 1 rings (SSSR count). The second-order valence-corrected chi connectivity index (χ2v) is 3.92. The molecule has 13 heavy (non-hydrogen) atoms. The number of likely N-dealkylation sites (tertiary alicyclic amines) is 1. The maximum atomic E-state index is 11.4. The SMILES string of the molecule is CC1(O)CCN(C(=O)CCN)CC1. The summed E-state index contributed by atoms with van der Waals surface area (Å²) >= 11 is 0. The van der Waals surface area contributed by atoms with Crippen LogP contribution in [0.4, 0.5) is 0 Å². The van der Waals surface area contributed by atoms with Gasteiger partial charge in [-0.2, -0.15) is 0 Å². The van der Waals surface area contributed by atoms with E-state index in [1.165, 1.54) is 0 Å². The van der Waals surface area contributed by atoms with E-state index >= 15 is 0 Å². The van der Waals surface area contributed by atoms with Crippen molar-refractivity contribution < 1.29 is 9.90 Å². The van der Waals surface area contributed by atoms with Gasteiger partial charge in [-0.15, -0.1) is 0 Å². The Hall–Kier alpha value is -0.610. The summed E-state index contributed by atoms with van der Waals surface area (Å²) in [6.07, 6.45) is 1.76. The largest absolute Gasteiger partial charge is 0.390 e. The van der Waals surface area contributed by atoms with Gasteiger partial charge in [0, 0.05) is 26.1 Å². The van der Waals surface area contributed by atoms with Gasteiger partial charge >= 0.3 is 0 Å². The summed E-state index contributed by atoms with van der Waals surface area (Å²) in [6.45, 7) is 3.54. The Bertz CT molecular complexity index is 182. The molecular weight excluding hydrogens is 168 g/mol. The summed E-state index contributed by atoms with van der Waals surface area (Å²) in [7, 11) is 0. The second kappa shape index (κ2) is 4.07. The molecule has 0 saturated carbocycles. The van der Waals surface area contributed by atoms with Gasteiger partial charge in [0.05, 0.1) is 5.60 Å². The molecule has 0 aliphatic carbocycles. The summed E-state index contributed by atoms with van der Waals surface area (Å²) in [5, 5.41) is 9.64. The van der Waals surface area contributed by atoms with E-state index in [9.17, 15) is 9.90 Å². The monoisotopic (exact) mass is 186 g/mol. The molecule has 1 heterocycles. The normalized spacial score (nSPS) is 21.6. The first-order chi connectivity index (χ1) is 6.05. The molecule has 1 aliphatic rings. The van der Waals surface area contributed by atoms with Crippen molar-refractivity contribution >= 4 is 5.91 Å². The lowest BCUT2D eigenvalue weighted by Gasteiger charge is -2.35. The van der Waals surface area contributed by atoms with Crippen LogP contribution in [0.25, 0.3) is 0 Å². The predicted octanol–water partition coefficient (Wildman–Crippen LogP) is -0.291. The number of carbonyl (C=O) groups excluding carboxylic acids is 1. The molecule has 0 radical (unpaired) electrons. The molecule has 0 spiro atoms. The molecule has 1 aliphatic heterocycles. The lowest BCUT2D eigenvalue weighted by atomic mass is 9.94. The fraction of sp³-hybridized carbons (Fsp3) is 0.889. The summed E-state index contributed by atoms with van der Waals surface area (Å²) < 4.78 is 0. The lowest BCUT2D eigenvalue weighted by molar-refractivity contribution is -0.134. The third kappa shape index (κ3) is 2.97. The fourth-order valence-electron chi connectivity index (χ4n) is 1.52. The Labute approximate surface area is 78.7 Å². The smallest absolute Gasteiger partial charge is 0.223 e. The molecule has 0 aromatic carbocycles. The highest BCUT2D eigenvalue weighted by Gasteiger charge is 2.28. The number of piperidine rings is 1. The molecule has 4 nitrogen and oxygen atoms in total. The molecule has 3 N–H and O–H groups in total. The van der Waals surface area contributed by atoms with E-state index in [4.69, 9.17) is 5.73 Å². The van der Waals surface area contributed by atoms with Crippen molar-refractivity contribution in [1.29, 1.82) is 0 Å². The van der Waals surface area contributed by atoms with Crippen LogP contribution in [-0.2, 0) is 4.79 Å². The molecule has 0 unspecified atom stereocenters. The summed E-state index contributed by atoms with van der Waals surface area (Å²) in [5.74, 6) is 0.109. The second-order valence-electron chi connectivity index (χ2n) is 3.92. The van der Waals surface area contributed by atoms with Crippen LogP contribution >= 0.6 is 0 Å². The van der Waals surface area contributed by atoms with Crippen LogP contribution in [0.1, 0.15) is 26.2 Å². The zero-order chi connectivity index (χ0) is 9.90. The van der Waals surface area contributed by atoms with Crippen LogP contribution in [0.3, 0.4) is 0 Å². The number of aliphatic hydroxyl groups is 1. The number of rotatable bonds is 2. The number of carbonyl (C=O) groups is 1. The van der Waals surface area contributed by atoms with Gasteiger partial charge in [-0.25, -0.2) is 0 Å². The van der Waals surface area contributed by atoms with Gasteiger partial charge in [0.2, 0.25) is 5.91 Å². The molecule has 0 aromatic heterocycles. The Morgan fingerprint density at radius 1 is 1.54 bits per heavy atom. The number of hydrogen-bond acceptors (Lipinski definition) is 3. The van der Waals surface area contributed by atoms with Crippen LogP contribution in [0.2, 0.25) is 0 Å². The van der Waals surface area contributed by atoms with Crippen LogP contribution in [0, 0.1) is 0 Å². The van der Waals surface area contributed by atoms with E-state index in [1.54, 1.807) is 4.90 Å². The van der Waals surface area contributed by atoms with Gasteiger partial charge < -0.3 is 15.7 Å². The van der Waals surface area contributed by atoms with Gasteiger partial charge in [-0.1, -0.05) is 0 Å². The molecule has 1 saturated heterocycles. The first-order valence-corrected chi connectivity index (χ1v) is 4.75. The molecule has 1 fully saturated rings. The Morgan fingerprint density at radius 3 is 2.54 bits per heavy atom. The van der Waals surface area contributed by atoms with Crippen molar-refractivity contribution in [1.82, 2.24) is 4.90 Å². The highest BCUT2D eigenvalue weighted by atomic mass is 16.3. The Morgan fingerprint density at radius 2 is 2.08 bits per heavy atom. The quantitative estimate of drug-likeness (QED) is 0.622. The number of amides is 1. The average Bonchev–Trinajstić information content (AvgIpc) is 2.04. The van der Waals surface area contributed by atoms with E-state index in [0.717, 1.165) is 0 Å². The van der Waals surface area contributed by atoms with E-state index in [2.05, 4.69) is 0 Å². The minimum atomic E-state index is -0.584. The third-order valence-electron chi connectivity index (χ3n) is 2.55. The number of hydrogen-bond donors (Lipinski definition) is 2. The van der Waals surface area contributed by atoms with Crippen molar-refractivity contribution in [2.24, 2.45) is 5.73 Å². The zero-order valence-corrected chi connectivity index (χ0v) is 8.12. The predicted molar refractivity (Wildman–Crippen MR) is 50.1 cm³/mol. The minimum Gasteiger partial charge on any atom is -0.390 e. The fourth-order valence-corrected chi connectivity index (χ4v) is 1.52. The average molecular weight is 186 g/mol. The van der Waals surface area contributed by atoms with Crippen molar-refractivity contribution in [3.05, 3.63) is 0 Å². The zero-order valence-electron chi connectivity index (χ0n) is 8.12. The molecule has 0 bridgehead atoms. The topological polar surface area (TPSA) is 66.6 Å². The van der Waals surface area contributed by atoms with Crippen LogP contribution < -0.4 is 5.73 Å². The standard InChI is InChI=1S/C9H18N2O2/c1-9(13)3-6-11(7-4-9)8(12)2-5-10/h13H,2-7,10H2,1H3. The minimum absolute atomic E-state index is 0.109. The van der Waals surface area contributed by atoms with Crippen LogP contribution in [0.15, 0.2) is 0 Å². The molecule has 1 amide bonds. The van der Waals surface area contributed by atoms with E-state index in [1.807, 2.05) is 6.92 Å². The van der Waals surface area contributed by atoms with Crippen LogP contribution in [-0.4, -0.2) is 41.1 Å². The third-order valence-corrected chi connectivity index (χ3v) is 2.55. The molecular formula is C9H18N2O2. The molecule has 76 valence electrons. The van der Waals surface area contributed by atoms with Gasteiger partial charge in [0.25, 0.3) is 0 Å². The Balaban J connectivity index is 2.36. The van der Waals surface area contributed by atoms with Gasteiger partial charge in [0.15, 0.2) is 0 Å². The van der Waals surface area contributed by atoms with E-state index in [0.29, 0.717) is 38.9 Å². The summed E-state index contributed by atoms with van der Waals surface area (Å²) in [5.41, 5.74) is 4.71. The number of nitrogens with two attached hydrogens (primary N) is 1. The highest BCUT2D eigenvalue weighted by Crippen LogP contribution is 2.21. The maximum absolute atomic E-state index is 11.4. The first kappa shape index (κ1) is 10.5. The van der Waals surface area contributed by atoms with Crippen molar-refractivity contribution in [2.75, 3.05) is 19.6 Å². The van der Waals surface area contributed by atoms with Crippen molar-refractivity contribution in [3.8, 4) is 0 Å². The lowest BCUT2D eigenvalue weighted by Crippen LogP contribution is -2.45. The summed E-state index contributed by atoms with van der Waals surface area (Å²) in [4.78, 5) is 13.2. The maximum Gasteiger partial charge on any atom is 0.223 e. The number of nitrogens with zero attached hydrogens (tertiary/aromatic N) is 1. The molecule has 0 atom stereocenters. The highest BCUT2D eigenvalue weighted by molar-refractivity contribution is 5.76. The van der Waals surface area contributed by atoms with Crippen molar-refractivity contribution in [3.63, 3.8) is 0 Å². The van der Waals surface area contributed by atoms with E-state index in [-0.39, 0.29) is 5.91 Å². The summed E-state index contributed by atoms with van der Waals surface area (Å²) in [6, 6.07) is 0. The van der Waals surface area contributed by atoms with Crippen LogP contribution in [0.5, 0.6) is 0 Å². The van der Waals surface area contributed by atoms with Gasteiger partial charge in [-0.05, 0) is 19.8 Å². The van der Waals surface area contributed by atoms with E-state index < -0.39 is 5.60 Å². The molecule has 0 aromatic rings. The van der Waals surface area contributed by atoms with Crippen molar-refractivity contribution in [2.45, 2.75) is 31.8 Å². The van der Waals surface area contributed by atoms with Gasteiger partial charge in [0.1, 0.15) is 0 Å². The Kier molecular flexibility index (Phi) is 3.27. The van der Waals surface area contributed by atoms with Gasteiger partial charge in [-0.3, -0.25) is 4.79 Å².